The molecule has 0 saturated carbocycles. The molecule has 3 rings (SSSR count). The van der Waals surface area contributed by atoms with E-state index in [-0.39, 0.29) is 5.54 Å². The van der Waals surface area contributed by atoms with Crippen LogP contribution in [-0.2, 0) is 12.0 Å². The average molecular weight is 146 g/mol. The predicted octanol–water partition coefficient (Wildman–Crippen LogP) is 0.825. The van der Waals surface area contributed by atoms with Crippen molar-refractivity contribution in [1.82, 2.24) is 10.3 Å². The van der Waals surface area contributed by atoms with E-state index in [1.54, 1.807) is 0 Å². The Kier molecular flexibility index (Phi) is 0.771. The van der Waals surface area contributed by atoms with Gasteiger partial charge in [0.1, 0.15) is 0 Å². The van der Waals surface area contributed by atoms with E-state index in [1.165, 1.54) is 17.7 Å². The van der Waals surface area contributed by atoms with Crippen LogP contribution < -0.4 is 5.32 Å². The molecular formula is C9H10N2. The number of nitrogens with zero attached hydrogens (tertiary/aromatic N) is 1. The first-order valence-electron chi connectivity index (χ1n) is 4.03. The van der Waals surface area contributed by atoms with Crippen LogP contribution in [0, 0.1) is 0 Å². The van der Waals surface area contributed by atoms with E-state index >= 15 is 0 Å². The summed E-state index contributed by atoms with van der Waals surface area (Å²) in [5.74, 6) is 0. The summed E-state index contributed by atoms with van der Waals surface area (Å²) in [5.41, 5.74) is 2.93. The number of nitrogens with one attached hydrogen (secondary N) is 1. The van der Waals surface area contributed by atoms with Crippen LogP contribution in [0.15, 0.2) is 18.3 Å². The molecule has 56 valence electrons. The van der Waals surface area contributed by atoms with Crippen LogP contribution in [0.4, 0.5) is 0 Å². The molecule has 0 bridgehead atoms. The number of pyridine rings is 1. The summed E-state index contributed by atoms with van der Waals surface area (Å²) in [7, 11) is 0. The summed E-state index contributed by atoms with van der Waals surface area (Å²) in [5, 5.41) is 3.44. The lowest BCUT2D eigenvalue weighted by molar-refractivity contribution is 0.728. The molecule has 2 heteroatoms. The van der Waals surface area contributed by atoms with Crippen LogP contribution in [-0.4, -0.2) is 11.0 Å². The average Bonchev–Trinajstić information content (AvgIpc) is 2.57. The maximum absolute atomic E-state index is 4.39. The van der Waals surface area contributed by atoms with Crippen LogP contribution in [0.1, 0.15) is 18.2 Å². The van der Waals surface area contributed by atoms with Gasteiger partial charge in [0.25, 0.3) is 0 Å². The van der Waals surface area contributed by atoms with Crippen molar-refractivity contribution < 1.29 is 0 Å². The number of fused-ring (bicyclic) bond motifs is 3. The molecule has 1 aromatic heterocycles. The number of rotatable bonds is 0. The van der Waals surface area contributed by atoms with E-state index in [9.17, 15) is 0 Å². The fraction of sp³-hybridized carbons (Fsp3) is 0.444. The van der Waals surface area contributed by atoms with E-state index in [4.69, 9.17) is 0 Å². The summed E-state index contributed by atoms with van der Waals surface area (Å²) in [4.78, 5) is 4.39. The Morgan fingerprint density at radius 1 is 1.73 bits per heavy atom. The number of hydrogen-bond acceptors (Lipinski definition) is 2. The van der Waals surface area contributed by atoms with E-state index in [0.29, 0.717) is 6.04 Å². The van der Waals surface area contributed by atoms with Gasteiger partial charge in [0.05, 0.1) is 11.2 Å². The molecule has 1 N–H and O–H groups in total. The van der Waals surface area contributed by atoms with Gasteiger partial charge in [0.15, 0.2) is 0 Å². The lowest BCUT2D eigenvalue weighted by Gasteiger charge is -2.04. The highest BCUT2D eigenvalue weighted by molar-refractivity contribution is 5.42. The third-order valence-corrected chi connectivity index (χ3v) is 2.89. The summed E-state index contributed by atoms with van der Waals surface area (Å²) >= 11 is 0. The van der Waals surface area contributed by atoms with Crippen molar-refractivity contribution in [3.63, 3.8) is 0 Å². The van der Waals surface area contributed by atoms with Gasteiger partial charge in [-0.2, -0.15) is 0 Å². The van der Waals surface area contributed by atoms with Crippen molar-refractivity contribution in [1.29, 1.82) is 0 Å². The Labute approximate surface area is 65.6 Å². The molecule has 1 aliphatic carbocycles. The van der Waals surface area contributed by atoms with Crippen molar-refractivity contribution in [2.75, 3.05) is 0 Å². The molecule has 1 aromatic rings. The Balaban J connectivity index is 2.24. The van der Waals surface area contributed by atoms with Gasteiger partial charge in [0, 0.05) is 12.2 Å². The molecule has 2 nitrogen and oxygen atoms in total. The second kappa shape index (κ2) is 1.48. The summed E-state index contributed by atoms with van der Waals surface area (Å²) in [6.45, 7) is 2.23. The largest absolute Gasteiger partial charge is 0.300 e. The zero-order chi connectivity index (χ0) is 7.47. The standard InChI is InChI=1S/C9H10N2/c1-9-7(11-9)5-6-3-2-4-10-8(6)9/h2-4,7,11H,5H2,1H3/t7-,9?/m1/s1. The fourth-order valence-corrected chi connectivity index (χ4v) is 2.10. The smallest absolute Gasteiger partial charge is 0.0744 e. The fourth-order valence-electron chi connectivity index (χ4n) is 2.10. The molecule has 11 heavy (non-hydrogen) atoms. The van der Waals surface area contributed by atoms with Gasteiger partial charge < -0.3 is 0 Å². The Morgan fingerprint density at radius 2 is 2.64 bits per heavy atom. The molecule has 1 unspecified atom stereocenters. The van der Waals surface area contributed by atoms with Crippen LogP contribution in [0.2, 0.25) is 0 Å². The molecule has 1 aliphatic heterocycles. The zero-order valence-electron chi connectivity index (χ0n) is 6.46. The predicted molar refractivity (Wildman–Crippen MR) is 42.2 cm³/mol. The number of aromatic nitrogens is 1. The highest BCUT2D eigenvalue weighted by Gasteiger charge is 2.57. The topological polar surface area (TPSA) is 34.8 Å². The molecule has 2 heterocycles. The van der Waals surface area contributed by atoms with E-state index in [1.807, 2.05) is 12.3 Å². The minimum absolute atomic E-state index is 0.233. The molecule has 0 spiro atoms. The second-order valence-electron chi connectivity index (χ2n) is 3.61. The molecule has 1 saturated heterocycles. The van der Waals surface area contributed by atoms with Gasteiger partial charge in [-0.1, -0.05) is 6.07 Å². The molecule has 0 aromatic carbocycles. The first-order chi connectivity index (χ1) is 5.31. The second-order valence-corrected chi connectivity index (χ2v) is 3.61. The molecule has 0 radical (unpaired) electrons. The van der Waals surface area contributed by atoms with Crippen molar-refractivity contribution >= 4 is 0 Å². The van der Waals surface area contributed by atoms with Crippen LogP contribution in [0.25, 0.3) is 0 Å². The third-order valence-electron chi connectivity index (χ3n) is 2.89. The van der Waals surface area contributed by atoms with Gasteiger partial charge in [-0.05, 0) is 25.0 Å². The molecule has 2 atom stereocenters. The molecule has 0 amide bonds. The summed E-state index contributed by atoms with van der Waals surface area (Å²) in [6, 6.07) is 4.88. The maximum Gasteiger partial charge on any atom is 0.0744 e. The zero-order valence-corrected chi connectivity index (χ0v) is 6.46. The molecule has 1 fully saturated rings. The molecule has 2 aliphatic rings. The summed E-state index contributed by atoms with van der Waals surface area (Å²) in [6.07, 6.45) is 3.05. The maximum atomic E-state index is 4.39. The van der Waals surface area contributed by atoms with Crippen molar-refractivity contribution in [2.45, 2.75) is 24.9 Å². The minimum Gasteiger partial charge on any atom is -0.300 e. The highest BCUT2D eigenvalue weighted by Crippen LogP contribution is 2.45. The Hall–Kier alpha value is -0.890. The van der Waals surface area contributed by atoms with Crippen LogP contribution in [0.3, 0.4) is 0 Å². The first kappa shape index (κ1) is 5.72. The van der Waals surface area contributed by atoms with E-state index in [0.717, 1.165) is 0 Å². The van der Waals surface area contributed by atoms with Crippen molar-refractivity contribution in [3.05, 3.63) is 29.6 Å². The highest BCUT2D eigenvalue weighted by atomic mass is 15.2. The van der Waals surface area contributed by atoms with Crippen LogP contribution >= 0.6 is 0 Å². The number of hydrogen-bond donors (Lipinski definition) is 1. The van der Waals surface area contributed by atoms with Crippen LogP contribution in [0.5, 0.6) is 0 Å². The SMILES string of the molecule is CC12N[C@@H]1Cc1cccnc12. The first-order valence-corrected chi connectivity index (χ1v) is 4.03. The Bertz CT molecular complexity index is 321. The monoisotopic (exact) mass is 146 g/mol. The minimum atomic E-state index is 0.233. The quantitative estimate of drug-likeness (QED) is 0.550. The third kappa shape index (κ3) is 0.543. The molecular weight excluding hydrogens is 136 g/mol. The van der Waals surface area contributed by atoms with Crippen molar-refractivity contribution in [2.24, 2.45) is 0 Å². The normalized spacial score (nSPS) is 38.1. The van der Waals surface area contributed by atoms with Gasteiger partial charge in [-0.15, -0.1) is 0 Å². The lowest BCUT2D eigenvalue weighted by atomic mass is 10.1. The van der Waals surface area contributed by atoms with Gasteiger partial charge >= 0.3 is 0 Å². The lowest BCUT2D eigenvalue weighted by Crippen LogP contribution is -2.09. The summed E-state index contributed by atoms with van der Waals surface area (Å²) < 4.78 is 0. The van der Waals surface area contributed by atoms with Crippen molar-refractivity contribution in [3.8, 4) is 0 Å². The Morgan fingerprint density at radius 3 is 3.45 bits per heavy atom. The van der Waals surface area contributed by atoms with E-state index < -0.39 is 0 Å². The van der Waals surface area contributed by atoms with Gasteiger partial charge in [-0.3, -0.25) is 10.3 Å². The van der Waals surface area contributed by atoms with Gasteiger partial charge in [0.2, 0.25) is 0 Å². The van der Waals surface area contributed by atoms with Gasteiger partial charge in [-0.25, -0.2) is 0 Å². The van der Waals surface area contributed by atoms with E-state index in [2.05, 4.69) is 23.3 Å².